The van der Waals surface area contributed by atoms with E-state index in [1.165, 1.54) is 6.92 Å². The van der Waals surface area contributed by atoms with Gasteiger partial charge in [0.2, 0.25) is 0 Å². The smallest absolute Gasteiger partial charge is 0.183 e. The van der Waals surface area contributed by atoms with Crippen molar-refractivity contribution in [3.8, 4) is 0 Å². The molecule has 0 bridgehead atoms. The Morgan fingerprint density at radius 1 is 1.07 bits per heavy atom. The predicted octanol–water partition coefficient (Wildman–Crippen LogP) is -2.44. The van der Waals surface area contributed by atoms with Crippen molar-refractivity contribution in [3.63, 3.8) is 0 Å². The predicted molar refractivity (Wildman–Crippen MR) is 45.2 cm³/mol. The molecule has 14 heavy (non-hydrogen) atoms. The maximum Gasteiger partial charge on any atom is 0.183 e. The number of rotatable bonds is 2. The third-order valence-corrected chi connectivity index (χ3v) is 2.26. The summed E-state index contributed by atoms with van der Waals surface area (Å²) in [6.45, 7) is 1.50. The lowest BCUT2D eigenvalue weighted by Crippen LogP contribution is -2.57. The fourth-order valence-corrected chi connectivity index (χ4v) is 1.46. The summed E-state index contributed by atoms with van der Waals surface area (Å²) in [6, 6.07) is 0. The molecular formula is C8H16O6. The van der Waals surface area contributed by atoms with E-state index in [4.69, 9.17) is 20.1 Å². The quantitative estimate of drug-likeness (QED) is 0.345. The van der Waals surface area contributed by atoms with Gasteiger partial charge in [-0.05, 0) is 6.92 Å². The van der Waals surface area contributed by atoms with E-state index < -0.39 is 36.8 Å². The van der Waals surface area contributed by atoms with Crippen molar-refractivity contribution in [2.24, 2.45) is 0 Å². The summed E-state index contributed by atoms with van der Waals surface area (Å²) in [5.41, 5.74) is 0. The lowest BCUT2D eigenvalue weighted by molar-refractivity contribution is -0.285. The molecule has 6 heteroatoms. The van der Waals surface area contributed by atoms with E-state index in [2.05, 4.69) is 0 Å². The Kier molecular flexibility index (Phi) is 3.82. The highest BCUT2D eigenvalue weighted by Gasteiger charge is 2.42. The summed E-state index contributed by atoms with van der Waals surface area (Å²) in [4.78, 5) is 0. The first-order valence-corrected chi connectivity index (χ1v) is 4.49. The molecule has 0 spiro atoms. The van der Waals surface area contributed by atoms with E-state index in [1.54, 1.807) is 0 Å². The minimum absolute atomic E-state index is 0.0853. The van der Waals surface area contributed by atoms with E-state index in [-0.39, 0.29) is 6.42 Å². The Bertz CT molecular complexity index is 185. The monoisotopic (exact) mass is 208 g/mol. The lowest BCUT2D eigenvalue weighted by atomic mass is 9.95. The number of ether oxygens (including phenoxy) is 1. The molecule has 0 saturated carbocycles. The molecule has 0 amide bonds. The van der Waals surface area contributed by atoms with Crippen LogP contribution in [0.3, 0.4) is 0 Å². The molecule has 0 aromatic heterocycles. The van der Waals surface area contributed by atoms with Gasteiger partial charge < -0.3 is 30.3 Å². The van der Waals surface area contributed by atoms with Gasteiger partial charge in [-0.3, -0.25) is 0 Å². The maximum atomic E-state index is 9.42. The largest absolute Gasteiger partial charge is 0.393 e. The van der Waals surface area contributed by atoms with Gasteiger partial charge in [-0.1, -0.05) is 0 Å². The van der Waals surface area contributed by atoms with Crippen LogP contribution in [0.5, 0.6) is 0 Å². The van der Waals surface area contributed by atoms with Gasteiger partial charge in [-0.15, -0.1) is 0 Å². The number of hydrogen-bond donors (Lipinski definition) is 5. The second-order valence-corrected chi connectivity index (χ2v) is 3.62. The van der Waals surface area contributed by atoms with Gasteiger partial charge in [-0.25, -0.2) is 0 Å². The third-order valence-electron chi connectivity index (χ3n) is 2.26. The number of aliphatic hydroxyl groups excluding tert-OH is 5. The standard InChI is InChI=1S/C8H16O6/c1-3(9)2-4-5(10)6(11)7(12)8(13)14-4/h3-13H,2H2,1H3/t3?,4?,5-,6+,7-,8-/m1/s1. The topological polar surface area (TPSA) is 110 Å². The molecule has 2 unspecified atom stereocenters. The maximum absolute atomic E-state index is 9.42. The van der Waals surface area contributed by atoms with Crippen molar-refractivity contribution in [2.45, 2.75) is 50.2 Å². The first kappa shape index (κ1) is 11.8. The average Bonchev–Trinajstić information content (AvgIpc) is 2.10. The number of aliphatic hydroxyl groups is 5. The zero-order valence-corrected chi connectivity index (χ0v) is 7.82. The molecule has 0 aromatic rings. The molecule has 0 aromatic carbocycles. The van der Waals surface area contributed by atoms with E-state index in [1.807, 2.05) is 0 Å². The summed E-state index contributed by atoms with van der Waals surface area (Å²) in [7, 11) is 0. The van der Waals surface area contributed by atoms with Gasteiger partial charge in [0.15, 0.2) is 6.29 Å². The summed E-state index contributed by atoms with van der Waals surface area (Å²) >= 11 is 0. The summed E-state index contributed by atoms with van der Waals surface area (Å²) < 4.78 is 4.83. The van der Waals surface area contributed by atoms with Crippen molar-refractivity contribution in [1.82, 2.24) is 0 Å². The Morgan fingerprint density at radius 3 is 2.14 bits per heavy atom. The Labute approximate surface area is 81.4 Å². The Hall–Kier alpha value is -0.240. The van der Waals surface area contributed by atoms with Crippen LogP contribution in [0.25, 0.3) is 0 Å². The minimum Gasteiger partial charge on any atom is -0.393 e. The van der Waals surface area contributed by atoms with Crippen molar-refractivity contribution in [3.05, 3.63) is 0 Å². The Morgan fingerprint density at radius 2 is 1.64 bits per heavy atom. The fourth-order valence-electron chi connectivity index (χ4n) is 1.46. The van der Waals surface area contributed by atoms with Gasteiger partial charge in [-0.2, -0.15) is 0 Å². The van der Waals surface area contributed by atoms with E-state index in [0.29, 0.717) is 0 Å². The zero-order valence-electron chi connectivity index (χ0n) is 7.82. The van der Waals surface area contributed by atoms with Crippen LogP contribution in [0.1, 0.15) is 13.3 Å². The molecule has 6 atom stereocenters. The average molecular weight is 208 g/mol. The van der Waals surface area contributed by atoms with Crippen LogP contribution in [0, 0.1) is 0 Å². The van der Waals surface area contributed by atoms with E-state index in [0.717, 1.165) is 0 Å². The van der Waals surface area contributed by atoms with Crippen LogP contribution in [0.2, 0.25) is 0 Å². The van der Waals surface area contributed by atoms with Crippen LogP contribution in [0.4, 0.5) is 0 Å². The van der Waals surface area contributed by atoms with Crippen LogP contribution < -0.4 is 0 Å². The van der Waals surface area contributed by atoms with E-state index in [9.17, 15) is 10.2 Å². The molecular weight excluding hydrogens is 192 g/mol. The summed E-state index contributed by atoms with van der Waals surface area (Å²) in [5, 5.41) is 46.0. The first-order chi connectivity index (χ1) is 6.43. The minimum atomic E-state index is -1.53. The summed E-state index contributed by atoms with van der Waals surface area (Å²) in [6.07, 6.45) is -7.31. The molecule has 1 rings (SSSR count). The molecule has 1 aliphatic rings. The molecule has 84 valence electrons. The molecule has 1 saturated heterocycles. The van der Waals surface area contributed by atoms with Crippen molar-refractivity contribution in [1.29, 1.82) is 0 Å². The molecule has 1 aliphatic heterocycles. The highest BCUT2D eigenvalue weighted by atomic mass is 16.6. The van der Waals surface area contributed by atoms with Crippen molar-refractivity contribution >= 4 is 0 Å². The molecule has 0 aliphatic carbocycles. The third kappa shape index (κ3) is 2.41. The Balaban J connectivity index is 2.60. The molecule has 0 radical (unpaired) electrons. The highest BCUT2D eigenvalue weighted by Crippen LogP contribution is 2.22. The second-order valence-electron chi connectivity index (χ2n) is 3.62. The molecule has 5 N–H and O–H groups in total. The van der Waals surface area contributed by atoms with Crippen molar-refractivity contribution in [2.75, 3.05) is 0 Å². The van der Waals surface area contributed by atoms with Crippen LogP contribution in [-0.4, -0.2) is 62.3 Å². The van der Waals surface area contributed by atoms with Gasteiger partial charge in [0.25, 0.3) is 0 Å². The van der Waals surface area contributed by atoms with Crippen molar-refractivity contribution < 1.29 is 30.3 Å². The van der Waals surface area contributed by atoms with Gasteiger partial charge >= 0.3 is 0 Å². The second kappa shape index (κ2) is 4.52. The molecule has 1 fully saturated rings. The van der Waals surface area contributed by atoms with Gasteiger partial charge in [0.1, 0.15) is 18.3 Å². The van der Waals surface area contributed by atoms with Crippen LogP contribution in [0.15, 0.2) is 0 Å². The normalized spacial score (nSPS) is 46.3. The SMILES string of the molecule is CC(O)CC1O[C@@H](O)[C@H](O)[C@@H](O)[C@@H]1O. The molecule has 1 heterocycles. The van der Waals surface area contributed by atoms with Gasteiger partial charge in [0, 0.05) is 6.42 Å². The van der Waals surface area contributed by atoms with Gasteiger partial charge in [0.05, 0.1) is 12.2 Å². The summed E-state index contributed by atoms with van der Waals surface area (Å²) in [5.74, 6) is 0. The fraction of sp³-hybridized carbons (Fsp3) is 1.00. The lowest BCUT2D eigenvalue weighted by Gasteiger charge is -2.38. The van der Waals surface area contributed by atoms with Crippen LogP contribution in [-0.2, 0) is 4.74 Å². The molecule has 6 nitrogen and oxygen atoms in total. The highest BCUT2D eigenvalue weighted by molar-refractivity contribution is 4.88. The first-order valence-electron chi connectivity index (χ1n) is 4.49. The van der Waals surface area contributed by atoms with E-state index >= 15 is 0 Å². The zero-order chi connectivity index (χ0) is 10.9. The van der Waals surface area contributed by atoms with Crippen LogP contribution >= 0.6 is 0 Å². The number of hydrogen-bond acceptors (Lipinski definition) is 6.